The van der Waals surface area contributed by atoms with E-state index in [0.29, 0.717) is 25.4 Å². The summed E-state index contributed by atoms with van der Waals surface area (Å²) < 4.78 is 2.13. The molecule has 1 N–H and O–H groups in total. The second kappa shape index (κ2) is 5.89. The van der Waals surface area contributed by atoms with Crippen LogP contribution in [0.2, 0.25) is 0 Å². The number of H-pyrrole nitrogens is 1. The zero-order valence-corrected chi connectivity index (χ0v) is 12.7. The van der Waals surface area contributed by atoms with Crippen molar-refractivity contribution in [2.24, 2.45) is 0 Å². The molecule has 23 heavy (non-hydrogen) atoms. The predicted octanol–water partition coefficient (Wildman–Crippen LogP) is 2.58. The molecule has 3 heterocycles. The normalized spacial score (nSPS) is 15.2. The molecule has 0 unspecified atom stereocenters. The Bertz CT molecular complexity index is 830. The first-order valence-electron chi connectivity index (χ1n) is 7.84. The lowest BCUT2D eigenvalue weighted by molar-refractivity contribution is -0.144. The lowest BCUT2D eigenvalue weighted by atomic mass is 10.2. The van der Waals surface area contributed by atoms with Crippen LogP contribution in [0, 0.1) is 0 Å². The maximum absolute atomic E-state index is 12.3. The number of nitrogens with one attached hydrogen (secondary N) is 1. The number of para-hydroxylation sites is 1. The van der Waals surface area contributed by atoms with E-state index in [1.807, 2.05) is 18.3 Å². The molecule has 3 aromatic rings. The van der Waals surface area contributed by atoms with Gasteiger partial charge in [0, 0.05) is 18.3 Å². The van der Waals surface area contributed by atoms with E-state index < -0.39 is 0 Å². The van der Waals surface area contributed by atoms with E-state index in [9.17, 15) is 4.79 Å². The van der Waals surface area contributed by atoms with Gasteiger partial charge in [-0.2, -0.15) is 5.10 Å². The van der Waals surface area contributed by atoms with E-state index in [2.05, 4.69) is 33.0 Å². The van der Waals surface area contributed by atoms with Gasteiger partial charge in [0.1, 0.15) is 0 Å². The average molecular weight is 310 g/mol. The third-order valence-electron chi connectivity index (χ3n) is 4.10. The van der Waals surface area contributed by atoms with Crippen molar-refractivity contribution in [3.8, 4) is 0 Å². The molecule has 1 saturated heterocycles. The molecule has 0 spiro atoms. The van der Waals surface area contributed by atoms with Gasteiger partial charge in [-0.05, 0) is 36.4 Å². The van der Waals surface area contributed by atoms with E-state index in [0.717, 1.165) is 24.1 Å². The van der Waals surface area contributed by atoms with Crippen molar-refractivity contribution >= 4 is 16.8 Å². The molecule has 0 saturated carbocycles. The van der Waals surface area contributed by atoms with Gasteiger partial charge in [-0.3, -0.25) is 14.7 Å². The molecule has 0 atom stereocenters. The number of carbonyl (C=O) groups excluding carboxylic acids is 1. The molecule has 4 rings (SSSR count). The Hall–Kier alpha value is -2.60. The van der Waals surface area contributed by atoms with Crippen LogP contribution in [0.3, 0.4) is 0 Å². The highest BCUT2D eigenvalue weighted by Gasteiger charge is 2.21. The average Bonchev–Trinajstić information content (AvgIpc) is 3.23. The third kappa shape index (κ3) is 2.73. The Morgan fingerprint density at radius 3 is 3.04 bits per heavy atom. The van der Waals surface area contributed by atoms with Crippen LogP contribution < -0.4 is 0 Å². The van der Waals surface area contributed by atoms with Gasteiger partial charge in [-0.1, -0.05) is 18.2 Å². The van der Waals surface area contributed by atoms with Crippen molar-refractivity contribution in [1.29, 1.82) is 0 Å². The highest BCUT2D eigenvalue weighted by Crippen LogP contribution is 2.17. The maximum atomic E-state index is 12.3. The number of carbonyl (C=O) groups is 1. The van der Waals surface area contributed by atoms with Crippen LogP contribution in [0.1, 0.15) is 29.0 Å². The topological polar surface area (TPSA) is 63.2 Å². The fraction of sp³-hybridized carbons (Fsp3) is 0.294. The van der Waals surface area contributed by atoms with Crippen LogP contribution >= 0.6 is 0 Å². The van der Waals surface area contributed by atoms with E-state index in [1.54, 1.807) is 6.07 Å². The predicted molar refractivity (Wildman–Crippen MR) is 85.9 cm³/mol. The number of hydrogen-bond donors (Lipinski definition) is 1. The summed E-state index contributed by atoms with van der Waals surface area (Å²) >= 11 is 0. The molecule has 118 valence electrons. The molecule has 6 heteroatoms. The zero-order chi connectivity index (χ0) is 15.6. The van der Waals surface area contributed by atoms with Crippen molar-refractivity contribution in [2.45, 2.75) is 19.4 Å². The van der Waals surface area contributed by atoms with Gasteiger partial charge in [0.2, 0.25) is 0 Å². The summed E-state index contributed by atoms with van der Waals surface area (Å²) in [6.45, 7) is 1.87. The van der Waals surface area contributed by atoms with Crippen LogP contribution in [0.25, 0.3) is 10.9 Å². The molecule has 1 amide bonds. The number of rotatable bonds is 3. The SMILES string of the molecule is O=C(c1cc(Cn2ccc3ccccc32)[nH]n1)N1CCCCO1. The largest absolute Gasteiger partial charge is 0.341 e. The second-order valence-corrected chi connectivity index (χ2v) is 5.73. The van der Waals surface area contributed by atoms with Gasteiger partial charge in [-0.25, -0.2) is 5.06 Å². The third-order valence-corrected chi connectivity index (χ3v) is 4.10. The second-order valence-electron chi connectivity index (χ2n) is 5.73. The van der Waals surface area contributed by atoms with Crippen LogP contribution in [0.15, 0.2) is 42.6 Å². The van der Waals surface area contributed by atoms with Crippen molar-refractivity contribution in [3.05, 3.63) is 54.0 Å². The zero-order valence-electron chi connectivity index (χ0n) is 12.7. The number of nitrogens with zero attached hydrogens (tertiary/aromatic N) is 3. The van der Waals surface area contributed by atoms with Crippen LogP contribution in [-0.2, 0) is 11.4 Å². The summed E-state index contributed by atoms with van der Waals surface area (Å²) in [5.41, 5.74) is 2.46. The van der Waals surface area contributed by atoms with Gasteiger partial charge in [0.25, 0.3) is 5.91 Å². The number of benzene rings is 1. The van der Waals surface area contributed by atoms with E-state index >= 15 is 0 Å². The summed E-state index contributed by atoms with van der Waals surface area (Å²) in [6, 6.07) is 12.1. The van der Waals surface area contributed by atoms with Gasteiger partial charge in [-0.15, -0.1) is 0 Å². The minimum absolute atomic E-state index is 0.176. The summed E-state index contributed by atoms with van der Waals surface area (Å²) in [5.74, 6) is -0.176. The summed E-state index contributed by atoms with van der Waals surface area (Å²) in [6.07, 6.45) is 4.01. The molecule has 1 aromatic carbocycles. The van der Waals surface area contributed by atoms with Crippen molar-refractivity contribution in [1.82, 2.24) is 19.8 Å². The fourth-order valence-electron chi connectivity index (χ4n) is 2.90. The maximum Gasteiger partial charge on any atom is 0.297 e. The number of amides is 1. The lowest BCUT2D eigenvalue weighted by Gasteiger charge is -2.24. The molecule has 1 aliphatic heterocycles. The fourth-order valence-corrected chi connectivity index (χ4v) is 2.90. The van der Waals surface area contributed by atoms with Crippen LogP contribution in [-0.4, -0.2) is 38.9 Å². The highest BCUT2D eigenvalue weighted by atomic mass is 16.7. The molecule has 2 aromatic heterocycles. The van der Waals surface area contributed by atoms with Crippen molar-refractivity contribution in [2.75, 3.05) is 13.2 Å². The number of hydroxylamine groups is 2. The molecule has 0 bridgehead atoms. The van der Waals surface area contributed by atoms with Gasteiger partial charge >= 0.3 is 0 Å². The lowest BCUT2D eigenvalue weighted by Crippen LogP contribution is -2.35. The van der Waals surface area contributed by atoms with Gasteiger partial charge < -0.3 is 4.57 Å². The number of hydrogen-bond acceptors (Lipinski definition) is 3. The molecule has 1 aliphatic rings. The van der Waals surface area contributed by atoms with Crippen molar-refractivity contribution in [3.63, 3.8) is 0 Å². The minimum atomic E-state index is -0.176. The first-order chi connectivity index (χ1) is 11.3. The minimum Gasteiger partial charge on any atom is -0.341 e. The summed E-state index contributed by atoms with van der Waals surface area (Å²) in [7, 11) is 0. The van der Waals surface area contributed by atoms with E-state index in [-0.39, 0.29) is 5.91 Å². The Balaban J connectivity index is 1.52. The summed E-state index contributed by atoms with van der Waals surface area (Å²) in [4.78, 5) is 17.7. The molecular weight excluding hydrogens is 292 g/mol. The van der Waals surface area contributed by atoms with Crippen LogP contribution in [0.4, 0.5) is 0 Å². The van der Waals surface area contributed by atoms with Crippen LogP contribution in [0.5, 0.6) is 0 Å². The molecule has 0 aliphatic carbocycles. The molecule has 1 fully saturated rings. The molecular formula is C17H18N4O2. The summed E-state index contributed by atoms with van der Waals surface area (Å²) in [5, 5.41) is 9.71. The number of fused-ring (bicyclic) bond motifs is 1. The standard InChI is InChI=1S/C17H18N4O2/c22-17(21-8-3-4-10-23-21)15-11-14(18-19-15)12-20-9-7-13-5-1-2-6-16(13)20/h1-2,5-7,9,11H,3-4,8,10,12H2,(H,18,19). The smallest absolute Gasteiger partial charge is 0.297 e. The first-order valence-corrected chi connectivity index (χ1v) is 7.84. The monoisotopic (exact) mass is 310 g/mol. The molecule has 6 nitrogen and oxygen atoms in total. The number of aromatic nitrogens is 3. The van der Waals surface area contributed by atoms with Crippen molar-refractivity contribution < 1.29 is 9.63 Å². The quantitative estimate of drug-likeness (QED) is 0.809. The Kier molecular flexibility index (Phi) is 3.59. The van der Waals surface area contributed by atoms with E-state index in [1.165, 1.54) is 10.4 Å². The Morgan fingerprint density at radius 2 is 2.17 bits per heavy atom. The highest BCUT2D eigenvalue weighted by molar-refractivity contribution is 5.91. The Morgan fingerprint density at radius 1 is 1.26 bits per heavy atom. The van der Waals surface area contributed by atoms with E-state index in [4.69, 9.17) is 4.84 Å². The van der Waals surface area contributed by atoms with Gasteiger partial charge in [0.05, 0.1) is 18.8 Å². The first kappa shape index (κ1) is 14.0. The Labute approximate surface area is 133 Å². The number of aromatic amines is 1. The molecule has 0 radical (unpaired) electrons. The van der Waals surface area contributed by atoms with Gasteiger partial charge in [0.15, 0.2) is 5.69 Å².